The summed E-state index contributed by atoms with van der Waals surface area (Å²) >= 11 is 0. The van der Waals surface area contributed by atoms with Gasteiger partial charge in [0.1, 0.15) is 5.75 Å². The number of anilines is 1. The average Bonchev–Trinajstić information content (AvgIpc) is 2.59. The van der Waals surface area contributed by atoms with Gasteiger partial charge in [0.05, 0.1) is 20.1 Å². The fourth-order valence-electron chi connectivity index (χ4n) is 2.44. The van der Waals surface area contributed by atoms with Crippen LogP contribution in [0.3, 0.4) is 0 Å². The average molecular weight is 341 g/mol. The molecule has 0 atom stereocenters. The maximum absolute atomic E-state index is 11.9. The second kappa shape index (κ2) is 8.73. The van der Waals surface area contributed by atoms with E-state index < -0.39 is 0 Å². The smallest absolute Gasteiger partial charge is 0.257 e. The predicted octanol–water partition coefficient (Wildman–Crippen LogP) is 2.11. The number of methoxy groups -OCH3 is 1. The topological polar surface area (TPSA) is 79.5 Å². The number of hydrogen-bond donors (Lipinski definition) is 3. The molecule has 6 nitrogen and oxygen atoms in total. The van der Waals surface area contributed by atoms with Gasteiger partial charge in [-0.25, -0.2) is 0 Å². The van der Waals surface area contributed by atoms with Crippen LogP contribution >= 0.6 is 0 Å². The molecule has 3 N–H and O–H groups in total. The number of para-hydroxylation sites is 1. The van der Waals surface area contributed by atoms with Gasteiger partial charge in [0.25, 0.3) is 5.91 Å². The first-order chi connectivity index (χ1) is 12.0. The van der Waals surface area contributed by atoms with Crippen LogP contribution in [0, 0.1) is 13.8 Å². The summed E-state index contributed by atoms with van der Waals surface area (Å²) in [4.78, 5) is 23.8. The van der Waals surface area contributed by atoms with Crippen molar-refractivity contribution in [2.24, 2.45) is 0 Å². The van der Waals surface area contributed by atoms with Gasteiger partial charge in [0.2, 0.25) is 5.91 Å². The first-order valence-corrected chi connectivity index (χ1v) is 8.00. The summed E-state index contributed by atoms with van der Waals surface area (Å²) in [5, 5.41) is 3.05. The molecule has 0 bridgehead atoms. The quantitative estimate of drug-likeness (QED) is 0.703. The zero-order chi connectivity index (χ0) is 18.2. The lowest BCUT2D eigenvalue weighted by atomic mass is 10.1. The van der Waals surface area contributed by atoms with Crippen molar-refractivity contribution in [1.82, 2.24) is 10.9 Å². The summed E-state index contributed by atoms with van der Waals surface area (Å²) in [5.74, 6) is -0.00166. The molecule has 0 aliphatic carbocycles. The Hall–Kier alpha value is -3.02. The standard InChI is InChI=1S/C19H23N3O3/c1-13-8-9-16(14(2)10-13)20-12-19(24)22-21-18(23)11-15-6-4-5-7-17(15)25-3/h4-10,20H,11-12H2,1-3H3,(H,21,23)(H,22,24). The fourth-order valence-corrected chi connectivity index (χ4v) is 2.44. The number of hydrogen-bond acceptors (Lipinski definition) is 4. The molecule has 132 valence electrons. The van der Waals surface area contributed by atoms with Crippen molar-refractivity contribution in [3.8, 4) is 5.75 Å². The molecule has 0 aliphatic rings. The summed E-state index contributed by atoms with van der Waals surface area (Å²) in [7, 11) is 1.55. The van der Waals surface area contributed by atoms with Gasteiger partial charge < -0.3 is 10.1 Å². The molecule has 0 spiro atoms. The van der Waals surface area contributed by atoms with Gasteiger partial charge in [-0.15, -0.1) is 0 Å². The summed E-state index contributed by atoms with van der Waals surface area (Å²) in [6.07, 6.45) is 0.120. The molecule has 0 radical (unpaired) electrons. The van der Waals surface area contributed by atoms with Crippen LogP contribution in [0.2, 0.25) is 0 Å². The Kier molecular flexibility index (Phi) is 6.39. The highest BCUT2D eigenvalue weighted by Crippen LogP contribution is 2.17. The van der Waals surface area contributed by atoms with E-state index in [4.69, 9.17) is 4.74 Å². The molecule has 2 aromatic rings. The number of amides is 2. The second-order valence-electron chi connectivity index (χ2n) is 5.76. The lowest BCUT2D eigenvalue weighted by Crippen LogP contribution is -2.44. The number of nitrogens with one attached hydrogen (secondary N) is 3. The van der Waals surface area contributed by atoms with Crippen molar-refractivity contribution in [3.63, 3.8) is 0 Å². The molecule has 2 rings (SSSR count). The van der Waals surface area contributed by atoms with Crippen molar-refractivity contribution in [1.29, 1.82) is 0 Å². The van der Waals surface area contributed by atoms with E-state index in [0.717, 1.165) is 22.4 Å². The van der Waals surface area contributed by atoms with E-state index >= 15 is 0 Å². The van der Waals surface area contributed by atoms with Gasteiger partial charge in [-0.05, 0) is 31.5 Å². The first kappa shape index (κ1) is 18.3. The molecule has 6 heteroatoms. The first-order valence-electron chi connectivity index (χ1n) is 8.00. The van der Waals surface area contributed by atoms with Gasteiger partial charge in [-0.2, -0.15) is 0 Å². The summed E-state index contributed by atoms with van der Waals surface area (Å²) in [5.41, 5.74) is 8.68. The number of rotatable bonds is 6. The van der Waals surface area contributed by atoms with E-state index in [1.807, 2.05) is 50.2 Å². The third-order valence-electron chi connectivity index (χ3n) is 3.71. The van der Waals surface area contributed by atoms with Crippen LogP contribution in [0.5, 0.6) is 5.75 Å². The van der Waals surface area contributed by atoms with Crippen LogP contribution in [-0.2, 0) is 16.0 Å². The van der Waals surface area contributed by atoms with Crippen LogP contribution in [0.15, 0.2) is 42.5 Å². The monoisotopic (exact) mass is 341 g/mol. The van der Waals surface area contributed by atoms with Gasteiger partial charge in [0.15, 0.2) is 0 Å². The van der Waals surface area contributed by atoms with Gasteiger partial charge in [0, 0.05) is 11.3 Å². The lowest BCUT2D eigenvalue weighted by Gasteiger charge is -2.12. The zero-order valence-corrected chi connectivity index (χ0v) is 14.7. The minimum absolute atomic E-state index is 0.0683. The lowest BCUT2D eigenvalue weighted by molar-refractivity contribution is -0.127. The summed E-state index contributed by atoms with van der Waals surface area (Å²) in [6, 6.07) is 13.2. The molecule has 0 fully saturated rings. The molecule has 0 aliphatic heterocycles. The van der Waals surface area contributed by atoms with Gasteiger partial charge >= 0.3 is 0 Å². The van der Waals surface area contributed by atoms with Crippen LogP contribution in [0.1, 0.15) is 16.7 Å². The van der Waals surface area contributed by atoms with Crippen LogP contribution in [-0.4, -0.2) is 25.5 Å². The summed E-state index contributed by atoms with van der Waals surface area (Å²) in [6.45, 7) is 4.06. The van der Waals surface area contributed by atoms with E-state index in [9.17, 15) is 9.59 Å². The maximum Gasteiger partial charge on any atom is 0.257 e. The van der Waals surface area contributed by atoms with Crippen LogP contribution < -0.4 is 20.9 Å². The highest BCUT2D eigenvalue weighted by atomic mass is 16.5. The van der Waals surface area contributed by atoms with E-state index in [-0.39, 0.29) is 24.8 Å². The molecule has 0 heterocycles. The molecular formula is C19H23N3O3. The van der Waals surface area contributed by atoms with E-state index in [2.05, 4.69) is 16.2 Å². The van der Waals surface area contributed by atoms with Crippen molar-refractivity contribution < 1.29 is 14.3 Å². The Morgan fingerprint density at radius 3 is 2.44 bits per heavy atom. The van der Waals surface area contributed by atoms with Crippen molar-refractivity contribution >= 4 is 17.5 Å². The Morgan fingerprint density at radius 2 is 1.72 bits per heavy atom. The number of aryl methyl sites for hydroxylation is 2. The third kappa shape index (κ3) is 5.53. The Labute approximate surface area is 147 Å². The minimum atomic E-state index is -0.326. The fraction of sp³-hybridized carbons (Fsp3) is 0.263. The third-order valence-corrected chi connectivity index (χ3v) is 3.71. The number of carbonyl (C=O) groups is 2. The van der Waals surface area contributed by atoms with Crippen LogP contribution in [0.25, 0.3) is 0 Å². The highest BCUT2D eigenvalue weighted by molar-refractivity contribution is 5.85. The number of hydrazine groups is 1. The Balaban J connectivity index is 1.78. The van der Waals surface area contributed by atoms with Gasteiger partial charge in [-0.3, -0.25) is 20.4 Å². The Bertz CT molecular complexity index is 759. The Morgan fingerprint density at radius 1 is 1.00 bits per heavy atom. The SMILES string of the molecule is COc1ccccc1CC(=O)NNC(=O)CNc1ccc(C)cc1C. The molecule has 2 aromatic carbocycles. The van der Waals surface area contributed by atoms with Crippen molar-refractivity contribution in [3.05, 3.63) is 59.2 Å². The molecule has 0 saturated carbocycles. The molecule has 25 heavy (non-hydrogen) atoms. The summed E-state index contributed by atoms with van der Waals surface area (Å²) < 4.78 is 5.20. The molecule has 0 saturated heterocycles. The maximum atomic E-state index is 11.9. The molecule has 0 aromatic heterocycles. The van der Waals surface area contributed by atoms with Crippen molar-refractivity contribution in [2.75, 3.05) is 19.0 Å². The zero-order valence-electron chi connectivity index (χ0n) is 14.7. The second-order valence-corrected chi connectivity index (χ2v) is 5.76. The van der Waals surface area contributed by atoms with E-state index in [0.29, 0.717) is 5.75 Å². The van der Waals surface area contributed by atoms with E-state index in [1.165, 1.54) is 0 Å². The van der Waals surface area contributed by atoms with Gasteiger partial charge in [-0.1, -0.05) is 35.9 Å². The van der Waals surface area contributed by atoms with E-state index in [1.54, 1.807) is 13.2 Å². The minimum Gasteiger partial charge on any atom is -0.496 e. The number of benzene rings is 2. The molecule has 2 amide bonds. The highest BCUT2D eigenvalue weighted by Gasteiger charge is 2.09. The predicted molar refractivity (Wildman–Crippen MR) is 97.4 cm³/mol. The van der Waals surface area contributed by atoms with Crippen LogP contribution in [0.4, 0.5) is 5.69 Å². The normalized spacial score (nSPS) is 10.0. The largest absolute Gasteiger partial charge is 0.496 e. The number of ether oxygens (including phenoxy) is 1. The molecule has 0 unspecified atom stereocenters. The molecular weight excluding hydrogens is 318 g/mol. The van der Waals surface area contributed by atoms with Crippen molar-refractivity contribution in [2.45, 2.75) is 20.3 Å². The number of carbonyl (C=O) groups excluding carboxylic acids is 2.